The molecule has 0 heterocycles. The van der Waals surface area contributed by atoms with E-state index < -0.39 is 0 Å². The third-order valence-corrected chi connectivity index (χ3v) is 3.98. The molecule has 4 aromatic rings. The molecule has 0 N–H and O–H groups in total. The first-order chi connectivity index (χ1) is 9.88. The third-order valence-electron chi connectivity index (χ3n) is 3.98. The van der Waals surface area contributed by atoms with Gasteiger partial charge in [-0.3, -0.25) is 0 Å². The number of rotatable bonds is 3. The molecule has 0 aliphatic heterocycles. The Kier molecular flexibility index (Phi) is 2.40. The fourth-order valence-electron chi connectivity index (χ4n) is 3.07. The van der Waals surface area contributed by atoms with Crippen molar-refractivity contribution in [1.82, 2.24) is 0 Å². The molecule has 0 radical (unpaired) electrons. The highest BCUT2D eigenvalue weighted by Crippen LogP contribution is 2.35. The maximum Gasteiger partial charge on any atom is 0.113 e. The van der Waals surface area contributed by atoms with Gasteiger partial charge in [0.05, 0.1) is 6.26 Å². The molecule has 0 spiro atoms. The van der Waals surface area contributed by atoms with E-state index >= 15 is 0 Å². The molecule has 96 valence electrons. The molecule has 0 unspecified atom stereocenters. The van der Waals surface area contributed by atoms with E-state index in [1.165, 1.54) is 44.1 Å². The minimum atomic E-state index is 0.567. The maximum absolute atomic E-state index is 5.37. The zero-order valence-corrected chi connectivity index (χ0v) is 11.1. The van der Waals surface area contributed by atoms with E-state index in [1.807, 2.05) is 0 Å². The molecule has 0 aromatic heterocycles. The van der Waals surface area contributed by atoms with Crippen LogP contribution in [0.25, 0.3) is 32.3 Å². The summed E-state index contributed by atoms with van der Waals surface area (Å²) in [5, 5.41) is 7.83. The molecular formula is C19H14O. The van der Waals surface area contributed by atoms with Gasteiger partial charge >= 0.3 is 0 Å². The Labute approximate surface area is 117 Å². The molecule has 20 heavy (non-hydrogen) atoms. The fraction of sp³-hybridized carbons (Fsp3) is 0.0526. The van der Waals surface area contributed by atoms with Crippen LogP contribution in [0.2, 0.25) is 0 Å². The van der Waals surface area contributed by atoms with Crippen LogP contribution in [-0.4, -0.2) is 0 Å². The normalized spacial score (nSPS) is 11.4. The molecule has 1 nitrogen and oxygen atoms in total. The summed E-state index contributed by atoms with van der Waals surface area (Å²) in [7, 11) is 0. The molecular weight excluding hydrogens is 244 g/mol. The van der Waals surface area contributed by atoms with Gasteiger partial charge in [-0.05, 0) is 37.9 Å². The molecule has 0 amide bonds. The Morgan fingerprint density at radius 1 is 0.800 bits per heavy atom. The van der Waals surface area contributed by atoms with Gasteiger partial charge in [0, 0.05) is 0 Å². The van der Waals surface area contributed by atoms with E-state index in [9.17, 15) is 0 Å². The molecule has 0 bridgehead atoms. The Hall–Kier alpha value is -2.54. The van der Waals surface area contributed by atoms with Crippen LogP contribution in [0.3, 0.4) is 0 Å². The molecule has 0 saturated heterocycles. The van der Waals surface area contributed by atoms with Crippen molar-refractivity contribution in [1.29, 1.82) is 0 Å². The van der Waals surface area contributed by atoms with Gasteiger partial charge in [-0.1, -0.05) is 61.2 Å². The highest BCUT2D eigenvalue weighted by atomic mass is 16.5. The second-order valence-corrected chi connectivity index (χ2v) is 5.06. The lowest BCUT2D eigenvalue weighted by Crippen LogP contribution is -1.91. The standard InChI is InChI=1S/C19H14O/c1-2-20-12-16-9-8-15-7-6-13-4-3-5-14-10-11-17(16)19(15)18(13)14/h2-11H,1,12H2. The van der Waals surface area contributed by atoms with Gasteiger partial charge in [0.15, 0.2) is 0 Å². The lowest BCUT2D eigenvalue weighted by molar-refractivity contribution is 0.239. The van der Waals surface area contributed by atoms with Crippen molar-refractivity contribution < 1.29 is 4.74 Å². The molecule has 0 aliphatic rings. The lowest BCUT2D eigenvalue weighted by atomic mass is 9.92. The largest absolute Gasteiger partial charge is 0.497 e. The van der Waals surface area contributed by atoms with Gasteiger partial charge in [0.25, 0.3) is 0 Å². The number of ether oxygens (including phenoxy) is 1. The van der Waals surface area contributed by atoms with Crippen LogP contribution in [0.15, 0.2) is 67.4 Å². The number of hydrogen-bond donors (Lipinski definition) is 0. The molecule has 4 aromatic carbocycles. The summed E-state index contributed by atoms with van der Waals surface area (Å²) in [5.74, 6) is 0. The van der Waals surface area contributed by atoms with Crippen LogP contribution in [-0.2, 0) is 11.3 Å². The summed E-state index contributed by atoms with van der Waals surface area (Å²) < 4.78 is 5.37. The fourth-order valence-corrected chi connectivity index (χ4v) is 3.07. The zero-order chi connectivity index (χ0) is 13.5. The van der Waals surface area contributed by atoms with Gasteiger partial charge in [0.1, 0.15) is 6.61 Å². The highest BCUT2D eigenvalue weighted by Gasteiger charge is 2.10. The summed E-state index contributed by atoms with van der Waals surface area (Å²) in [6, 6.07) is 19.6. The summed E-state index contributed by atoms with van der Waals surface area (Å²) in [5.41, 5.74) is 1.20. The van der Waals surface area contributed by atoms with Crippen molar-refractivity contribution >= 4 is 32.3 Å². The molecule has 0 saturated carbocycles. The second-order valence-electron chi connectivity index (χ2n) is 5.06. The van der Waals surface area contributed by atoms with Gasteiger partial charge in [-0.25, -0.2) is 0 Å². The second kappa shape index (κ2) is 4.24. The number of benzene rings is 4. The Balaban J connectivity index is 2.17. The van der Waals surface area contributed by atoms with Crippen molar-refractivity contribution in [3.8, 4) is 0 Å². The van der Waals surface area contributed by atoms with Gasteiger partial charge in [-0.15, -0.1) is 0 Å². The van der Waals surface area contributed by atoms with Gasteiger partial charge < -0.3 is 4.74 Å². The van der Waals surface area contributed by atoms with Crippen molar-refractivity contribution in [2.75, 3.05) is 0 Å². The minimum Gasteiger partial charge on any atom is -0.497 e. The Morgan fingerprint density at radius 2 is 1.45 bits per heavy atom. The van der Waals surface area contributed by atoms with Crippen molar-refractivity contribution in [3.05, 3.63) is 73.0 Å². The Morgan fingerprint density at radius 3 is 2.20 bits per heavy atom. The maximum atomic E-state index is 5.37. The van der Waals surface area contributed by atoms with Crippen LogP contribution < -0.4 is 0 Å². The van der Waals surface area contributed by atoms with Gasteiger partial charge in [-0.2, -0.15) is 0 Å². The van der Waals surface area contributed by atoms with E-state index in [0.29, 0.717) is 6.61 Å². The predicted molar refractivity (Wildman–Crippen MR) is 85.1 cm³/mol. The monoisotopic (exact) mass is 258 g/mol. The van der Waals surface area contributed by atoms with Crippen LogP contribution in [0, 0.1) is 0 Å². The average Bonchev–Trinajstić information content (AvgIpc) is 2.51. The SMILES string of the molecule is C=COCc1ccc2ccc3cccc4ccc1c2c34. The summed E-state index contributed by atoms with van der Waals surface area (Å²) in [4.78, 5) is 0. The van der Waals surface area contributed by atoms with Crippen LogP contribution in [0.1, 0.15) is 5.56 Å². The lowest BCUT2D eigenvalue weighted by Gasteiger charge is -2.13. The van der Waals surface area contributed by atoms with Gasteiger partial charge in [0.2, 0.25) is 0 Å². The minimum absolute atomic E-state index is 0.567. The first-order valence-electron chi connectivity index (χ1n) is 6.76. The summed E-state index contributed by atoms with van der Waals surface area (Å²) in [6.45, 7) is 4.18. The number of hydrogen-bond acceptors (Lipinski definition) is 1. The van der Waals surface area contributed by atoms with Crippen molar-refractivity contribution in [2.45, 2.75) is 6.61 Å². The molecule has 0 fully saturated rings. The highest BCUT2D eigenvalue weighted by molar-refractivity contribution is 6.23. The van der Waals surface area contributed by atoms with E-state index in [0.717, 1.165) is 0 Å². The first-order valence-corrected chi connectivity index (χ1v) is 6.76. The van der Waals surface area contributed by atoms with Crippen LogP contribution in [0.5, 0.6) is 0 Å². The van der Waals surface area contributed by atoms with E-state index in [4.69, 9.17) is 4.74 Å². The third kappa shape index (κ3) is 1.50. The van der Waals surface area contributed by atoms with Crippen molar-refractivity contribution in [3.63, 3.8) is 0 Å². The smallest absolute Gasteiger partial charge is 0.113 e. The summed E-state index contributed by atoms with van der Waals surface area (Å²) in [6.07, 6.45) is 1.50. The quantitative estimate of drug-likeness (QED) is 0.360. The molecule has 0 atom stereocenters. The predicted octanol–water partition coefficient (Wildman–Crippen LogP) is 5.24. The van der Waals surface area contributed by atoms with Crippen molar-refractivity contribution in [2.24, 2.45) is 0 Å². The zero-order valence-electron chi connectivity index (χ0n) is 11.1. The van der Waals surface area contributed by atoms with Crippen LogP contribution >= 0.6 is 0 Å². The molecule has 0 aliphatic carbocycles. The molecule has 4 rings (SSSR count). The first kappa shape index (κ1) is 11.3. The topological polar surface area (TPSA) is 9.23 Å². The Bertz CT molecular complexity index is 905. The van der Waals surface area contributed by atoms with Crippen LogP contribution in [0.4, 0.5) is 0 Å². The van der Waals surface area contributed by atoms with E-state index in [2.05, 4.69) is 61.2 Å². The average molecular weight is 258 g/mol. The molecule has 1 heteroatoms. The summed E-state index contributed by atoms with van der Waals surface area (Å²) >= 11 is 0. The van der Waals surface area contributed by atoms with E-state index in [-0.39, 0.29) is 0 Å². The van der Waals surface area contributed by atoms with E-state index in [1.54, 1.807) is 0 Å².